The number of non-ortho nitro benzene ring substituents is 1. The van der Waals surface area contributed by atoms with E-state index in [9.17, 15) is 20.0 Å². The monoisotopic (exact) mass is 409 g/mol. The molecule has 144 valence electrons. The van der Waals surface area contributed by atoms with Crippen LogP contribution in [-0.2, 0) is 0 Å². The summed E-state index contributed by atoms with van der Waals surface area (Å²) in [6.45, 7) is 1.44. The minimum Gasteiger partial charge on any atom is -0.391 e. The molecule has 9 heteroatoms. The zero-order valence-corrected chi connectivity index (χ0v) is 16.0. The number of nitrogens with one attached hydrogen (secondary N) is 2. The number of carbonyl (C=O) groups is 1. The number of hydrogen-bond acceptors (Lipinski definition) is 6. The Kier molecular flexibility index (Phi) is 7.61. The smallest absolute Gasteiger partial charge is 0.270 e. The summed E-state index contributed by atoms with van der Waals surface area (Å²) in [5.74, 6) is -0.450. The van der Waals surface area contributed by atoms with Crippen LogP contribution in [0.4, 0.5) is 5.69 Å². The molecule has 1 saturated heterocycles. The number of nitro groups is 1. The predicted octanol–water partition coefficient (Wildman–Crippen LogP) is 2.48. The topological polar surface area (TPSA) is 104 Å². The van der Waals surface area contributed by atoms with Crippen molar-refractivity contribution in [2.45, 2.75) is 15.9 Å². The lowest BCUT2D eigenvalue weighted by Crippen LogP contribution is -2.34. The van der Waals surface area contributed by atoms with Crippen LogP contribution in [-0.4, -0.2) is 41.7 Å². The summed E-state index contributed by atoms with van der Waals surface area (Å²) in [7, 11) is 0. The van der Waals surface area contributed by atoms with Crippen LogP contribution >= 0.6 is 24.2 Å². The fraction of sp³-hybridized carbons (Fsp3) is 0.278. The molecule has 1 aliphatic rings. The molecule has 27 heavy (non-hydrogen) atoms. The number of nitrogens with zero attached hydrogens (tertiary/aromatic N) is 1. The maximum absolute atomic E-state index is 12.6. The number of amides is 1. The Bertz CT molecular complexity index is 806. The van der Waals surface area contributed by atoms with Crippen molar-refractivity contribution in [3.05, 3.63) is 64.2 Å². The van der Waals surface area contributed by atoms with Crippen molar-refractivity contribution in [1.29, 1.82) is 0 Å². The van der Waals surface area contributed by atoms with Crippen molar-refractivity contribution in [2.24, 2.45) is 5.92 Å². The average molecular weight is 410 g/mol. The van der Waals surface area contributed by atoms with E-state index < -0.39 is 11.0 Å². The first-order chi connectivity index (χ1) is 12.5. The van der Waals surface area contributed by atoms with Crippen molar-refractivity contribution < 1.29 is 14.8 Å². The number of hydrogen-bond donors (Lipinski definition) is 3. The van der Waals surface area contributed by atoms with Crippen molar-refractivity contribution in [2.75, 3.05) is 19.6 Å². The van der Waals surface area contributed by atoms with Gasteiger partial charge in [0.1, 0.15) is 0 Å². The molecule has 3 N–H and O–H groups in total. The molecule has 0 spiro atoms. The number of halogens is 1. The molecule has 0 saturated carbocycles. The molecular weight excluding hydrogens is 390 g/mol. The molecule has 2 aromatic rings. The Hall–Kier alpha value is -2.13. The number of aliphatic hydroxyl groups excluding tert-OH is 1. The summed E-state index contributed by atoms with van der Waals surface area (Å²) in [6.07, 6.45) is -0.501. The molecule has 2 aromatic carbocycles. The highest BCUT2D eigenvalue weighted by atomic mass is 35.5. The van der Waals surface area contributed by atoms with Gasteiger partial charge < -0.3 is 15.7 Å². The standard InChI is InChI=1S/C18H19N3O4S.ClH/c22-16-11-19-9-12(16)10-20-18(23)15-8-13(21(24)25)6-7-17(15)26-14-4-2-1-3-5-14;/h1-8,12,16,19,22H,9-11H2,(H,20,23);1H. The molecule has 1 amide bonds. The molecule has 0 radical (unpaired) electrons. The highest BCUT2D eigenvalue weighted by Crippen LogP contribution is 2.32. The second kappa shape index (κ2) is 9.70. The van der Waals surface area contributed by atoms with Crippen LogP contribution in [0.5, 0.6) is 0 Å². The van der Waals surface area contributed by atoms with E-state index >= 15 is 0 Å². The zero-order valence-electron chi connectivity index (χ0n) is 14.3. The summed E-state index contributed by atoms with van der Waals surface area (Å²) in [4.78, 5) is 24.8. The molecule has 3 rings (SSSR count). The highest BCUT2D eigenvalue weighted by Gasteiger charge is 2.26. The van der Waals surface area contributed by atoms with Gasteiger partial charge in [0, 0.05) is 47.5 Å². The van der Waals surface area contributed by atoms with Crippen LogP contribution < -0.4 is 10.6 Å². The molecule has 1 heterocycles. The summed E-state index contributed by atoms with van der Waals surface area (Å²) >= 11 is 1.38. The average Bonchev–Trinajstić information content (AvgIpc) is 3.05. The second-order valence-corrected chi connectivity index (χ2v) is 7.16. The van der Waals surface area contributed by atoms with Crippen LogP contribution in [0.1, 0.15) is 10.4 Å². The molecular formula is C18H20ClN3O4S. The third-order valence-electron chi connectivity index (χ3n) is 4.22. The Labute approximate surface area is 167 Å². The van der Waals surface area contributed by atoms with Crippen molar-refractivity contribution in [3.8, 4) is 0 Å². The van der Waals surface area contributed by atoms with Gasteiger partial charge in [-0.05, 0) is 18.2 Å². The molecule has 2 atom stereocenters. The molecule has 1 fully saturated rings. The molecule has 0 aliphatic carbocycles. The van der Waals surface area contributed by atoms with Gasteiger partial charge in [0.15, 0.2) is 0 Å². The lowest BCUT2D eigenvalue weighted by atomic mass is 10.1. The van der Waals surface area contributed by atoms with Gasteiger partial charge in [0.2, 0.25) is 0 Å². The van der Waals surface area contributed by atoms with Crippen LogP contribution in [0.25, 0.3) is 0 Å². The lowest BCUT2D eigenvalue weighted by molar-refractivity contribution is -0.384. The quantitative estimate of drug-likeness (QED) is 0.500. The highest BCUT2D eigenvalue weighted by molar-refractivity contribution is 7.99. The number of rotatable bonds is 6. The van der Waals surface area contributed by atoms with Gasteiger partial charge in [-0.25, -0.2) is 0 Å². The first-order valence-corrected chi connectivity index (χ1v) is 9.04. The van der Waals surface area contributed by atoms with Crippen molar-refractivity contribution >= 4 is 35.8 Å². The predicted molar refractivity (Wildman–Crippen MR) is 106 cm³/mol. The second-order valence-electron chi connectivity index (χ2n) is 6.05. The van der Waals surface area contributed by atoms with E-state index in [1.807, 2.05) is 30.3 Å². The summed E-state index contributed by atoms with van der Waals surface area (Å²) in [6, 6.07) is 13.8. The maximum Gasteiger partial charge on any atom is 0.270 e. The van der Waals surface area contributed by atoms with Crippen molar-refractivity contribution in [3.63, 3.8) is 0 Å². The number of benzene rings is 2. The van der Waals surface area contributed by atoms with Crippen LogP contribution in [0.15, 0.2) is 58.3 Å². The van der Waals surface area contributed by atoms with Crippen LogP contribution in [0.2, 0.25) is 0 Å². The van der Waals surface area contributed by atoms with Crippen molar-refractivity contribution in [1.82, 2.24) is 10.6 Å². The fourth-order valence-electron chi connectivity index (χ4n) is 2.76. The van der Waals surface area contributed by atoms with Gasteiger partial charge in [-0.2, -0.15) is 0 Å². The SMILES string of the molecule is Cl.O=C(NCC1CNCC1O)c1cc([N+](=O)[O-])ccc1Sc1ccccc1. The number of aliphatic hydroxyl groups is 1. The van der Waals surface area contributed by atoms with E-state index in [4.69, 9.17) is 0 Å². The van der Waals surface area contributed by atoms with E-state index in [2.05, 4.69) is 10.6 Å². The third-order valence-corrected chi connectivity index (χ3v) is 5.30. The Balaban J connectivity index is 0.00000261. The number of carbonyl (C=O) groups excluding carboxylic acids is 1. The molecule has 1 aliphatic heterocycles. The largest absolute Gasteiger partial charge is 0.391 e. The molecule has 0 aromatic heterocycles. The van der Waals surface area contributed by atoms with Crippen LogP contribution in [0, 0.1) is 16.0 Å². The van der Waals surface area contributed by atoms with E-state index in [1.165, 1.54) is 23.9 Å². The summed E-state index contributed by atoms with van der Waals surface area (Å²) in [5, 5.41) is 26.8. The van der Waals surface area contributed by atoms with Gasteiger partial charge in [0.25, 0.3) is 11.6 Å². The first kappa shape index (κ1) is 21.2. The zero-order chi connectivity index (χ0) is 18.5. The van der Waals surface area contributed by atoms with E-state index in [1.54, 1.807) is 6.07 Å². The lowest BCUT2D eigenvalue weighted by Gasteiger charge is -2.15. The molecule has 7 nitrogen and oxygen atoms in total. The van der Waals surface area contributed by atoms with Crippen LogP contribution in [0.3, 0.4) is 0 Å². The normalized spacial score (nSPS) is 18.6. The van der Waals surface area contributed by atoms with Gasteiger partial charge >= 0.3 is 0 Å². The molecule has 0 bridgehead atoms. The Morgan fingerprint density at radius 3 is 2.63 bits per heavy atom. The van der Waals surface area contributed by atoms with Gasteiger partial charge in [0.05, 0.1) is 16.6 Å². The van der Waals surface area contributed by atoms with E-state index in [0.29, 0.717) is 24.5 Å². The summed E-state index contributed by atoms with van der Waals surface area (Å²) < 4.78 is 0. The van der Waals surface area contributed by atoms with Gasteiger partial charge in [-0.15, -0.1) is 12.4 Å². The maximum atomic E-state index is 12.6. The summed E-state index contributed by atoms with van der Waals surface area (Å²) in [5.41, 5.74) is 0.128. The number of β-amino-alcohol motifs (C(OH)–C–C–N with tert-alkyl or cyclic N) is 1. The van der Waals surface area contributed by atoms with E-state index in [-0.39, 0.29) is 35.5 Å². The third kappa shape index (κ3) is 5.43. The fourth-order valence-corrected chi connectivity index (χ4v) is 3.70. The van der Waals surface area contributed by atoms with E-state index in [0.717, 1.165) is 4.90 Å². The minimum atomic E-state index is -0.515. The van der Waals surface area contributed by atoms with Gasteiger partial charge in [-0.3, -0.25) is 14.9 Å². The minimum absolute atomic E-state index is 0. The molecule has 2 unspecified atom stereocenters. The first-order valence-electron chi connectivity index (χ1n) is 8.23. The Morgan fingerprint density at radius 2 is 2.00 bits per heavy atom. The Morgan fingerprint density at radius 1 is 1.26 bits per heavy atom. The van der Waals surface area contributed by atoms with Gasteiger partial charge in [-0.1, -0.05) is 30.0 Å². The number of nitro benzene ring substituents is 1.